The summed E-state index contributed by atoms with van der Waals surface area (Å²) < 4.78 is 51.0. The first kappa shape index (κ1) is 22.0. The lowest BCUT2D eigenvalue weighted by molar-refractivity contribution is 0.282. The van der Waals surface area contributed by atoms with E-state index in [1.165, 1.54) is 0 Å². The monoisotopic (exact) mass is 436 g/mol. The van der Waals surface area contributed by atoms with Crippen LogP contribution in [-0.4, -0.2) is 65.2 Å². The van der Waals surface area contributed by atoms with Gasteiger partial charge in [0.1, 0.15) is 0 Å². The molecule has 0 amide bonds. The molecule has 0 aliphatic carbocycles. The van der Waals surface area contributed by atoms with Crippen LogP contribution in [0.3, 0.4) is 0 Å². The minimum atomic E-state index is -3.76. The molecule has 1 unspecified atom stereocenters. The van der Waals surface area contributed by atoms with Crippen LogP contribution in [0, 0.1) is 6.92 Å². The Morgan fingerprint density at radius 1 is 1.03 bits per heavy atom. The number of aryl methyl sites for hydroxylation is 1. The second-order valence-corrected chi connectivity index (χ2v) is 12.2. The highest BCUT2D eigenvalue weighted by Crippen LogP contribution is 2.27. The molecular formula is C21H28N2O4S2. The summed E-state index contributed by atoms with van der Waals surface area (Å²) in [6.07, 6.45) is 0. The van der Waals surface area contributed by atoms with Gasteiger partial charge in [0.15, 0.2) is 19.7 Å². The van der Waals surface area contributed by atoms with Gasteiger partial charge in [0, 0.05) is 18.6 Å². The SMILES string of the molecule is Cc1ccc(S(=O)(=O)[C@H]2CS(=O)(=O)C[C@@H]2NCC(c2ccccc2)N(C)C)cc1. The molecule has 3 atom stereocenters. The number of sulfone groups is 2. The van der Waals surface area contributed by atoms with Crippen LogP contribution in [0.25, 0.3) is 0 Å². The second kappa shape index (κ2) is 8.55. The van der Waals surface area contributed by atoms with Gasteiger partial charge in [-0.3, -0.25) is 0 Å². The summed E-state index contributed by atoms with van der Waals surface area (Å²) in [7, 11) is -3.30. The number of likely N-dealkylation sites (N-methyl/N-ethyl adjacent to an activating group) is 1. The summed E-state index contributed by atoms with van der Waals surface area (Å²) in [6.45, 7) is 2.34. The molecular weight excluding hydrogens is 408 g/mol. The summed E-state index contributed by atoms with van der Waals surface area (Å²) in [4.78, 5) is 2.21. The Balaban J connectivity index is 1.84. The Morgan fingerprint density at radius 3 is 2.24 bits per heavy atom. The summed E-state index contributed by atoms with van der Waals surface area (Å²) >= 11 is 0. The highest BCUT2D eigenvalue weighted by atomic mass is 32.2. The maximum absolute atomic E-state index is 13.2. The van der Waals surface area contributed by atoms with E-state index < -0.39 is 31.0 Å². The largest absolute Gasteiger partial charge is 0.310 e. The normalized spacial score (nSPS) is 22.6. The minimum absolute atomic E-state index is 0.00207. The number of nitrogens with one attached hydrogen (secondary N) is 1. The molecule has 0 bridgehead atoms. The van der Waals surface area contributed by atoms with E-state index in [4.69, 9.17) is 0 Å². The van der Waals surface area contributed by atoms with E-state index in [-0.39, 0.29) is 22.4 Å². The number of hydrogen-bond donors (Lipinski definition) is 1. The van der Waals surface area contributed by atoms with E-state index >= 15 is 0 Å². The van der Waals surface area contributed by atoms with Gasteiger partial charge in [-0.05, 0) is 38.7 Å². The Hall–Kier alpha value is -1.74. The van der Waals surface area contributed by atoms with Crippen LogP contribution in [0.2, 0.25) is 0 Å². The van der Waals surface area contributed by atoms with Gasteiger partial charge in [-0.25, -0.2) is 16.8 Å². The molecule has 1 aliphatic rings. The first-order chi connectivity index (χ1) is 13.6. The topological polar surface area (TPSA) is 83.5 Å². The molecule has 6 nitrogen and oxygen atoms in total. The predicted molar refractivity (Wildman–Crippen MR) is 115 cm³/mol. The van der Waals surface area contributed by atoms with E-state index in [1.54, 1.807) is 24.3 Å². The third kappa shape index (κ3) is 5.06. The zero-order chi connectivity index (χ0) is 21.2. The van der Waals surface area contributed by atoms with Crippen LogP contribution in [0.15, 0.2) is 59.5 Å². The van der Waals surface area contributed by atoms with Gasteiger partial charge in [-0.15, -0.1) is 0 Å². The van der Waals surface area contributed by atoms with Crippen molar-refractivity contribution in [3.05, 3.63) is 65.7 Å². The lowest BCUT2D eigenvalue weighted by atomic mass is 10.1. The zero-order valence-electron chi connectivity index (χ0n) is 16.9. The van der Waals surface area contributed by atoms with Gasteiger partial charge in [0.25, 0.3) is 0 Å². The Labute approximate surface area is 173 Å². The first-order valence-corrected chi connectivity index (χ1v) is 12.9. The third-order valence-electron chi connectivity index (χ3n) is 5.43. The van der Waals surface area contributed by atoms with Crippen molar-refractivity contribution < 1.29 is 16.8 Å². The molecule has 1 aliphatic heterocycles. The molecule has 29 heavy (non-hydrogen) atoms. The molecule has 2 aromatic carbocycles. The molecule has 0 spiro atoms. The molecule has 2 aromatic rings. The van der Waals surface area contributed by atoms with Gasteiger partial charge in [0.2, 0.25) is 0 Å². The molecule has 0 aromatic heterocycles. The van der Waals surface area contributed by atoms with Crippen molar-refractivity contribution in [1.82, 2.24) is 10.2 Å². The maximum Gasteiger partial charge on any atom is 0.183 e. The molecule has 3 rings (SSSR count). The van der Waals surface area contributed by atoms with Gasteiger partial charge in [-0.1, -0.05) is 48.0 Å². The molecule has 1 N–H and O–H groups in total. The van der Waals surface area contributed by atoms with Crippen LogP contribution in [-0.2, 0) is 19.7 Å². The average molecular weight is 437 g/mol. The fourth-order valence-corrected chi connectivity index (χ4v) is 8.47. The molecule has 8 heteroatoms. The van der Waals surface area contributed by atoms with Gasteiger partial charge >= 0.3 is 0 Å². The number of hydrogen-bond acceptors (Lipinski definition) is 6. The van der Waals surface area contributed by atoms with Crippen molar-refractivity contribution in [2.45, 2.75) is 29.2 Å². The molecule has 158 valence electrons. The van der Waals surface area contributed by atoms with Crippen molar-refractivity contribution in [3.8, 4) is 0 Å². The zero-order valence-corrected chi connectivity index (χ0v) is 18.6. The number of rotatable bonds is 7. The lowest BCUT2D eigenvalue weighted by Gasteiger charge is -2.28. The van der Waals surface area contributed by atoms with Crippen LogP contribution in [0.4, 0.5) is 0 Å². The quantitative estimate of drug-likeness (QED) is 0.713. The molecule has 0 saturated carbocycles. The first-order valence-electron chi connectivity index (χ1n) is 9.56. The van der Waals surface area contributed by atoms with E-state index in [9.17, 15) is 16.8 Å². The van der Waals surface area contributed by atoms with Gasteiger partial charge in [0.05, 0.1) is 21.7 Å². The molecule has 1 fully saturated rings. The van der Waals surface area contributed by atoms with Crippen molar-refractivity contribution in [2.75, 3.05) is 32.1 Å². The van der Waals surface area contributed by atoms with E-state index in [0.717, 1.165) is 11.1 Å². The summed E-state index contributed by atoms with van der Waals surface area (Å²) in [5.74, 6) is -0.517. The second-order valence-electron chi connectivity index (χ2n) is 7.88. The smallest absolute Gasteiger partial charge is 0.183 e. The van der Waals surface area contributed by atoms with Gasteiger partial charge in [-0.2, -0.15) is 0 Å². The van der Waals surface area contributed by atoms with E-state index in [0.29, 0.717) is 6.54 Å². The summed E-state index contributed by atoms with van der Waals surface area (Å²) in [5.41, 5.74) is 2.04. The highest BCUT2D eigenvalue weighted by Gasteiger charge is 2.45. The van der Waals surface area contributed by atoms with Crippen LogP contribution in [0.5, 0.6) is 0 Å². The Bertz CT molecular complexity index is 1030. The highest BCUT2D eigenvalue weighted by molar-refractivity contribution is 7.96. The van der Waals surface area contributed by atoms with E-state index in [2.05, 4.69) is 5.32 Å². The average Bonchev–Trinajstić information content (AvgIpc) is 2.98. The lowest BCUT2D eigenvalue weighted by Crippen LogP contribution is -2.46. The Morgan fingerprint density at radius 2 is 1.66 bits per heavy atom. The van der Waals surface area contributed by atoms with Crippen molar-refractivity contribution in [3.63, 3.8) is 0 Å². The minimum Gasteiger partial charge on any atom is -0.310 e. The van der Waals surface area contributed by atoms with Crippen molar-refractivity contribution in [2.24, 2.45) is 0 Å². The summed E-state index contributed by atoms with van der Waals surface area (Å²) in [6, 6.07) is 15.8. The van der Waals surface area contributed by atoms with Crippen LogP contribution in [0.1, 0.15) is 17.2 Å². The fourth-order valence-electron chi connectivity index (χ4n) is 3.75. The molecule has 1 saturated heterocycles. The van der Waals surface area contributed by atoms with E-state index in [1.807, 2.05) is 56.3 Å². The fraction of sp³-hybridized carbons (Fsp3) is 0.429. The maximum atomic E-state index is 13.2. The molecule has 0 radical (unpaired) electrons. The number of benzene rings is 2. The Kier molecular flexibility index (Phi) is 6.48. The predicted octanol–water partition coefficient (Wildman–Crippen LogP) is 1.83. The summed E-state index contributed by atoms with van der Waals surface area (Å²) in [5, 5.41) is 2.26. The van der Waals surface area contributed by atoms with Gasteiger partial charge < -0.3 is 10.2 Å². The third-order valence-corrected chi connectivity index (χ3v) is 9.60. The van der Waals surface area contributed by atoms with Crippen molar-refractivity contribution >= 4 is 19.7 Å². The van der Waals surface area contributed by atoms with Crippen LogP contribution < -0.4 is 5.32 Å². The van der Waals surface area contributed by atoms with Crippen molar-refractivity contribution in [1.29, 1.82) is 0 Å². The standard InChI is InChI=1S/C21H28N2O4S2/c1-16-9-11-18(12-10-16)29(26,27)21-15-28(24,25)14-19(21)22-13-20(23(2)3)17-7-5-4-6-8-17/h4-12,19-22H,13-15H2,1-3H3/t19-,20?,21-/m0/s1. The van der Waals surface area contributed by atoms with Crippen LogP contribution >= 0.6 is 0 Å². The number of nitrogens with zero attached hydrogens (tertiary/aromatic N) is 1. The molecule has 1 heterocycles.